The van der Waals surface area contributed by atoms with Gasteiger partial charge in [0.05, 0.1) is 0 Å². The molecule has 1 aliphatic heterocycles. The lowest BCUT2D eigenvalue weighted by Crippen LogP contribution is -2.38. The number of carbonyl (C=O) groups excluding carboxylic acids is 2. The van der Waals surface area contributed by atoms with Crippen LogP contribution >= 0.6 is 0 Å². The predicted octanol–water partition coefficient (Wildman–Crippen LogP) is 3.04. The quantitative estimate of drug-likeness (QED) is 0.693. The van der Waals surface area contributed by atoms with E-state index in [2.05, 4.69) is 10.4 Å². The zero-order valence-corrected chi connectivity index (χ0v) is 17.5. The van der Waals surface area contributed by atoms with Crippen LogP contribution in [0.5, 0.6) is 0 Å². The van der Waals surface area contributed by atoms with E-state index in [1.54, 1.807) is 11.0 Å². The van der Waals surface area contributed by atoms with Crippen molar-refractivity contribution >= 4 is 23.2 Å². The van der Waals surface area contributed by atoms with Crippen LogP contribution < -0.4 is 15.8 Å². The van der Waals surface area contributed by atoms with Crippen LogP contribution in [0.1, 0.15) is 35.5 Å². The van der Waals surface area contributed by atoms with Gasteiger partial charge >= 0.3 is 0 Å². The minimum absolute atomic E-state index is 0.0128. The molecular weight excluding hydrogens is 392 g/mol. The van der Waals surface area contributed by atoms with E-state index in [4.69, 9.17) is 0 Å². The first-order valence-electron chi connectivity index (χ1n) is 10.3. The third-order valence-electron chi connectivity index (χ3n) is 5.42. The van der Waals surface area contributed by atoms with E-state index in [9.17, 15) is 14.4 Å². The van der Waals surface area contributed by atoms with Gasteiger partial charge in [-0.05, 0) is 55.2 Å². The average molecular weight is 416 g/mol. The molecule has 1 atom stereocenters. The van der Waals surface area contributed by atoms with Gasteiger partial charge < -0.3 is 10.2 Å². The van der Waals surface area contributed by atoms with Crippen LogP contribution in [-0.4, -0.2) is 27.6 Å². The Bertz CT molecular complexity index is 1200. The van der Waals surface area contributed by atoms with Crippen LogP contribution in [-0.2, 0) is 24.2 Å². The Kier molecular flexibility index (Phi) is 5.66. The number of para-hydroxylation sites is 1. The van der Waals surface area contributed by atoms with Gasteiger partial charge in [0.25, 0.3) is 11.5 Å². The van der Waals surface area contributed by atoms with Gasteiger partial charge in [0.2, 0.25) is 5.91 Å². The number of aromatic nitrogens is 2. The summed E-state index contributed by atoms with van der Waals surface area (Å²) in [4.78, 5) is 39.6. The lowest BCUT2D eigenvalue weighted by atomic mass is 10.1. The van der Waals surface area contributed by atoms with Gasteiger partial charge in [0.15, 0.2) is 0 Å². The van der Waals surface area contributed by atoms with Gasteiger partial charge in [-0.25, -0.2) is 4.68 Å². The molecule has 1 aromatic heterocycles. The standard InChI is InChI=1S/C24H24N4O3/c1-3-17-7-6-9-19(14-17)25-22(29)15-27-23(30)12-11-20(26-27)24(31)28-16(2)13-18-8-4-5-10-21(18)28/h4-12,14,16H,3,13,15H2,1-2H3,(H,25,29). The SMILES string of the molecule is CCc1cccc(NC(=O)Cn2nc(C(=O)N3c4ccccc4CC3C)ccc2=O)c1. The van der Waals surface area contributed by atoms with Crippen LogP contribution in [0.25, 0.3) is 0 Å². The Balaban J connectivity index is 1.54. The first-order chi connectivity index (χ1) is 15.0. The molecule has 1 aliphatic rings. The smallest absolute Gasteiger partial charge is 0.278 e. The zero-order chi connectivity index (χ0) is 22.0. The highest BCUT2D eigenvalue weighted by atomic mass is 16.2. The lowest BCUT2D eigenvalue weighted by molar-refractivity contribution is -0.117. The van der Waals surface area contributed by atoms with Crippen LogP contribution in [0, 0.1) is 0 Å². The van der Waals surface area contributed by atoms with E-state index >= 15 is 0 Å². The van der Waals surface area contributed by atoms with Gasteiger partial charge in [-0.2, -0.15) is 5.10 Å². The minimum atomic E-state index is -0.441. The molecule has 7 heteroatoms. The number of fused-ring (bicyclic) bond motifs is 1. The first-order valence-corrected chi connectivity index (χ1v) is 10.3. The van der Waals surface area contributed by atoms with E-state index in [0.717, 1.165) is 34.3 Å². The van der Waals surface area contributed by atoms with Crippen molar-refractivity contribution in [1.82, 2.24) is 9.78 Å². The van der Waals surface area contributed by atoms with E-state index in [1.165, 1.54) is 12.1 Å². The van der Waals surface area contributed by atoms with Gasteiger partial charge in [-0.15, -0.1) is 0 Å². The maximum Gasteiger partial charge on any atom is 0.278 e. The molecule has 2 amide bonds. The molecule has 0 bridgehead atoms. The number of nitrogens with zero attached hydrogens (tertiary/aromatic N) is 3. The number of hydrogen-bond acceptors (Lipinski definition) is 4. The molecule has 0 radical (unpaired) electrons. The molecule has 7 nitrogen and oxygen atoms in total. The predicted molar refractivity (Wildman–Crippen MR) is 119 cm³/mol. The molecule has 1 unspecified atom stereocenters. The molecule has 158 valence electrons. The molecule has 0 fully saturated rings. The second-order valence-electron chi connectivity index (χ2n) is 7.67. The van der Waals surface area contributed by atoms with E-state index in [1.807, 2.05) is 56.3 Å². The van der Waals surface area contributed by atoms with Gasteiger partial charge in [-0.1, -0.05) is 37.3 Å². The second kappa shape index (κ2) is 8.55. The molecule has 31 heavy (non-hydrogen) atoms. The molecule has 0 saturated carbocycles. The Morgan fingerprint density at radius 2 is 1.90 bits per heavy atom. The molecule has 2 aromatic carbocycles. The summed E-state index contributed by atoms with van der Waals surface area (Å²) < 4.78 is 1.03. The maximum absolute atomic E-state index is 13.2. The Morgan fingerprint density at radius 1 is 1.10 bits per heavy atom. The number of nitrogens with one attached hydrogen (secondary N) is 1. The largest absolute Gasteiger partial charge is 0.324 e. The fourth-order valence-electron chi connectivity index (χ4n) is 3.88. The highest BCUT2D eigenvalue weighted by Gasteiger charge is 2.32. The van der Waals surface area contributed by atoms with Crippen molar-refractivity contribution in [2.75, 3.05) is 10.2 Å². The lowest BCUT2D eigenvalue weighted by Gasteiger charge is -2.22. The summed E-state index contributed by atoms with van der Waals surface area (Å²) in [6.45, 7) is 3.74. The minimum Gasteiger partial charge on any atom is -0.324 e. The van der Waals surface area contributed by atoms with Crippen molar-refractivity contribution in [2.24, 2.45) is 0 Å². The van der Waals surface area contributed by atoms with Crippen molar-refractivity contribution in [2.45, 2.75) is 39.3 Å². The second-order valence-corrected chi connectivity index (χ2v) is 7.67. The molecule has 1 N–H and O–H groups in total. The third kappa shape index (κ3) is 4.26. The van der Waals surface area contributed by atoms with Crippen molar-refractivity contribution < 1.29 is 9.59 Å². The Morgan fingerprint density at radius 3 is 2.71 bits per heavy atom. The van der Waals surface area contributed by atoms with Crippen molar-refractivity contribution in [3.8, 4) is 0 Å². The van der Waals surface area contributed by atoms with Crippen molar-refractivity contribution in [3.05, 3.63) is 87.8 Å². The van der Waals surface area contributed by atoms with Crippen molar-refractivity contribution in [1.29, 1.82) is 0 Å². The monoisotopic (exact) mass is 416 g/mol. The summed E-state index contributed by atoms with van der Waals surface area (Å²) in [6.07, 6.45) is 1.62. The molecular formula is C24H24N4O3. The summed E-state index contributed by atoms with van der Waals surface area (Å²) in [6, 6.07) is 18.0. The van der Waals surface area contributed by atoms with Gasteiger partial charge in [0.1, 0.15) is 12.2 Å². The number of benzene rings is 2. The Hall–Kier alpha value is -3.74. The molecule has 3 aromatic rings. The summed E-state index contributed by atoms with van der Waals surface area (Å²) in [5.74, 6) is -0.672. The summed E-state index contributed by atoms with van der Waals surface area (Å²) in [5.41, 5.74) is 3.40. The first kappa shape index (κ1) is 20.5. The average Bonchev–Trinajstić information content (AvgIpc) is 3.10. The van der Waals surface area contributed by atoms with Crippen molar-refractivity contribution in [3.63, 3.8) is 0 Å². The van der Waals surface area contributed by atoms with Gasteiger partial charge in [-0.3, -0.25) is 14.4 Å². The van der Waals surface area contributed by atoms with Crippen LogP contribution in [0.3, 0.4) is 0 Å². The van der Waals surface area contributed by atoms with E-state index in [-0.39, 0.29) is 30.1 Å². The Labute approximate surface area is 180 Å². The van der Waals surface area contributed by atoms with Crippen LogP contribution in [0.2, 0.25) is 0 Å². The fraction of sp³-hybridized carbons (Fsp3) is 0.250. The van der Waals surface area contributed by atoms with Gasteiger partial charge in [0, 0.05) is 23.5 Å². The summed E-state index contributed by atoms with van der Waals surface area (Å²) in [5, 5.41) is 6.97. The van der Waals surface area contributed by atoms with E-state index < -0.39 is 5.56 Å². The number of amides is 2. The number of aryl methyl sites for hydroxylation is 1. The van der Waals surface area contributed by atoms with Crippen LogP contribution in [0.4, 0.5) is 11.4 Å². The highest BCUT2D eigenvalue weighted by molar-refractivity contribution is 6.06. The summed E-state index contributed by atoms with van der Waals surface area (Å²) in [7, 11) is 0. The topological polar surface area (TPSA) is 84.3 Å². The molecule has 0 saturated heterocycles. The molecule has 0 aliphatic carbocycles. The maximum atomic E-state index is 13.2. The zero-order valence-electron chi connectivity index (χ0n) is 17.5. The van der Waals surface area contributed by atoms with Crippen LogP contribution in [0.15, 0.2) is 65.5 Å². The highest BCUT2D eigenvalue weighted by Crippen LogP contribution is 2.32. The molecule has 2 heterocycles. The number of rotatable bonds is 5. The number of carbonyl (C=O) groups is 2. The number of anilines is 2. The number of hydrogen-bond donors (Lipinski definition) is 1. The fourth-order valence-corrected chi connectivity index (χ4v) is 3.88. The third-order valence-corrected chi connectivity index (χ3v) is 5.42. The normalized spacial score (nSPS) is 14.9. The van der Waals surface area contributed by atoms with E-state index in [0.29, 0.717) is 5.69 Å². The molecule has 0 spiro atoms. The summed E-state index contributed by atoms with van der Waals surface area (Å²) >= 11 is 0. The molecule has 4 rings (SSSR count).